The Balaban J connectivity index is 1.07. The second kappa shape index (κ2) is 8.26. The van der Waals surface area contributed by atoms with E-state index in [1.165, 1.54) is 31.5 Å². The number of likely N-dealkylation sites (tertiary alicyclic amines) is 1. The molecule has 0 bridgehead atoms. The maximum Gasteiger partial charge on any atom is 0.191 e. The molecule has 0 N–H and O–H groups in total. The lowest BCUT2D eigenvalue weighted by atomic mass is 9.95. The molecule has 0 amide bonds. The molecular formula is C27H29N5S. The van der Waals surface area contributed by atoms with E-state index in [4.69, 9.17) is 0 Å². The molecule has 4 aromatic rings. The summed E-state index contributed by atoms with van der Waals surface area (Å²) in [7, 11) is 2.07. The Morgan fingerprint density at radius 3 is 2.79 bits per heavy atom. The summed E-state index contributed by atoms with van der Waals surface area (Å²) in [5.41, 5.74) is 5.10. The van der Waals surface area contributed by atoms with Crippen molar-refractivity contribution in [1.29, 1.82) is 0 Å². The van der Waals surface area contributed by atoms with Crippen LogP contribution in [0.5, 0.6) is 0 Å². The number of thioether (sulfide) groups is 1. The van der Waals surface area contributed by atoms with Crippen molar-refractivity contribution >= 4 is 22.7 Å². The number of aromatic nitrogens is 4. The van der Waals surface area contributed by atoms with Gasteiger partial charge in [-0.1, -0.05) is 60.3 Å². The van der Waals surface area contributed by atoms with Crippen LogP contribution < -0.4 is 0 Å². The molecule has 6 rings (SSSR count). The average molecular weight is 456 g/mol. The van der Waals surface area contributed by atoms with Crippen LogP contribution in [0.4, 0.5) is 0 Å². The van der Waals surface area contributed by atoms with E-state index in [1.54, 1.807) is 0 Å². The Morgan fingerprint density at radius 2 is 1.91 bits per heavy atom. The highest BCUT2D eigenvalue weighted by atomic mass is 32.2. The average Bonchev–Trinajstić information content (AvgIpc) is 3.22. The molecule has 3 heterocycles. The lowest BCUT2D eigenvalue weighted by Gasteiger charge is -2.20. The fourth-order valence-electron chi connectivity index (χ4n) is 5.55. The fraction of sp³-hybridized carbons (Fsp3) is 0.370. The van der Waals surface area contributed by atoms with Gasteiger partial charge in [-0.25, -0.2) is 0 Å². The largest absolute Gasteiger partial charge is 0.305 e. The summed E-state index contributed by atoms with van der Waals surface area (Å²) < 4.78 is 2.12. The van der Waals surface area contributed by atoms with Crippen LogP contribution in [0, 0.1) is 12.8 Å². The third kappa shape index (κ3) is 3.75. The fourth-order valence-corrected chi connectivity index (χ4v) is 6.39. The molecule has 6 heteroatoms. The van der Waals surface area contributed by atoms with Crippen LogP contribution in [-0.4, -0.2) is 50.0 Å². The maximum atomic E-state index is 4.66. The van der Waals surface area contributed by atoms with Crippen LogP contribution in [0.3, 0.4) is 0 Å². The molecule has 1 unspecified atom stereocenters. The number of hydrogen-bond donors (Lipinski definition) is 0. The molecule has 2 atom stereocenters. The number of aryl methyl sites for hydroxylation is 1. The summed E-state index contributed by atoms with van der Waals surface area (Å²) in [6, 6.07) is 21.5. The van der Waals surface area contributed by atoms with E-state index in [0.717, 1.165) is 51.4 Å². The van der Waals surface area contributed by atoms with Gasteiger partial charge in [0, 0.05) is 47.9 Å². The van der Waals surface area contributed by atoms with Gasteiger partial charge in [-0.05, 0) is 49.9 Å². The number of hydrogen-bond acceptors (Lipinski definition) is 5. The second-order valence-electron chi connectivity index (χ2n) is 9.55. The standard InChI is InChI=1S/C27H29N5S/c1-19-12-13-22-23(10-6-11-24(22)28-19)25-29-30-26(31(25)2)33-15-7-14-32-17-21-16-27(21,18-32)20-8-4-3-5-9-20/h3-6,8-13,21H,7,14-18H2,1-2H3/t21-,27?/m0/s1. The molecule has 2 aliphatic rings. The molecule has 2 fully saturated rings. The molecule has 1 aliphatic heterocycles. The topological polar surface area (TPSA) is 46.8 Å². The summed E-state index contributed by atoms with van der Waals surface area (Å²) in [6.07, 6.45) is 2.54. The minimum absolute atomic E-state index is 0.443. The van der Waals surface area contributed by atoms with Gasteiger partial charge in [0.25, 0.3) is 0 Å². The van der Waals surface area contributed by atoms with Crippen LogP contribution in [0.15, 0.2) is 65.8 Å². The monoisotopic (exact) mass is 455 g/mol. The molecule has 0 radical (unpaired) electrons. The molecule has 1 aliphatic carbocycles. The van der Waals surface area contributed by atoms with E-state index in [9.17, 15) is 0 Å². The normalized spacial score (nSPS) is 22.1. The van der Waals surface area contributed by atoms with Crippen LogP contribution in [0.1, 0.15) is 24.1 Å². The summed E-state index contributed by atoms with van der Waals surface area (Å²) in [4.78, 5) is 7.32. The van der Waals surface area contributed by atoms with E-state index >= 15 is 0 Å². The minimum Gasteiger partial charge on any atom is -0.305 e. The highest BCUT2D eigenvalue weighted by Crippen LogP contribution is 2.58. The van der Waals surface area contributed by atoms with Gasteiger partial charge in [0.1, 0.15) is 0 Å². The van der Waals surface area contributed by atoms with Crippen molar-refractivity contribution in [3.63, 3.8) is 0 Å². The van der Waals surface area contributed by atoms with Crippen molar-refractivity contribution in [2.75, 3.05) is 25.4 Å². The Hall–Kier alpha value is -2.70. The SMILES string of the molecule is Cc1ccc2c(-c3nnc(SCCCN4C[C@@H]5CC5(c5ccccc5)C4)n3C)cccc2n1. The Kier molecular flexibility index (Phi) is 5.23. The highest BCUT2D eigenvalue weighted by Gasteiger charge is 2.60. The van der Waals surface area contributed by atoms with Gasteiger partial charge < -0.3 is 9.47 Å². The second-order valence-corrected chi connectivity index (χ2v) is 10.6. The Labute approximate surface area is 199 Å². The molecule has 5 nitrogen and oxygen atoms in total. The molecular weight excluding hydrogens is 426 g/mol. The van der Waals surface area contributed by atoms with Gasteiger partial charge >= 0.3 is 0 Å². The minimum atomic E-state index is 0.443. The van der Waals surface area contributed by atoms with Crippen molar-refractivity contribution in [2.24, 2.45) is 13.0 Å². The van der Waals surface area contributed by atoms with E-state index in [1.807, 2.05) is 18.7 Å². The zero-order chi connectivity index (χ0) is 22.4. The van der Waals surface area contributed by atoms with Crippen molar-refractivity contribution in [1.82, 2.24) is 24.6 Å². The van der Waals surface area contributed by atoms with Gasteiger partial charge in [0.15, 0.2) is 11.0 Å². The zero-order valence-corrected chi connectivity index (χ0v) is 20.1. The van der Waals surface area contributed by atoms with Crippen LogP contribution >= 0.6 is 11.8 Å². The van der Waals surface area contributed by atoms with E-state index in [2.05, 4.69) is 92.4 Å². The number of pyridine rings is 1. The number of rotatable bonds is 7. The Morgan fingerprint density at radius 1 is 1.03 bits per heavy atom. The number of benzene rings is 2. The van der Waals surface area contributed by atoms with Crippen LogP contribution in [-0.2, 0) is 12.5 Å². The predicted molar refractivity (Wildman–Crippen MR) is 134 cm³/mol. The zero-order valence-electron chi connectivity index (χ0n) is 19.2. The van der Waals surface area contributed by atoms with E-state index in [0.29, 0.717) is 5.41 Å². The first-order valence-corrected chi connectivity index (χ1v) is 12.8. The summed E-state index contributed by atoms with van der Waals surface area (Å²) in [5.74, 6) is 2.81. The third-order valence-corrected chi connectivity index (χ3v) is 8.47. The first-order valence-electron chi connectivity index (χ1n) is 11.8. The molecule has 2 aromatic carbocycles. The molecule has 2 aromatic heterocycles. The van der Waals surface area contributed by atoms with Gasteiger partial charge in [0.05, 0.1) is 5.52 Å². The summed E-state index contributed by atoms with van der Waals surface area (Å²) in [6.45, 7) is 5.66. The van der Waals surface area contributed by atoms with Gasteiger partial charge in [-0.2, -0.15) is 0 Å². The first kappa shape index (κ1) is 20.9. The molecule has 1 saturated carbocycles. The van der Waals surface area contributed by atoms with Crippen LogP contribution in [0.25, 0.3) is 22.3 Å². The highest BCUT2D eigenvalue weighted by molar-refractivity contribution is 7.99. The number of piperidine rings is 1. The van der Waals surface area contributed by atoms with E-state index in [-0.39, 0.29) is 0 Å². The maximum absolute atomic E-state index is 4.66. The quantitative estimate of drug-likeness (QED) is 0.287. The lowest BCUT2D eigenvalue weighted by Crippen LogP contribution is -2.27. The molecule has 0 spiro atoms. The lowest BCUT2D eigenvalue weighted by molar-refractivity contribution is 0.299. The first-order chi connectivity index (χ1) is 16.1. The molecule has 1 saturated heterocycles. The van der Waals surface area contributed by atoms with Gasteiger partial charge in [-0.3, -0.25) is 4.98 Å². The summed E-state index contributed by atoms with van der Waals surface area (Å²) >= 11 is 1.81. The van der Waals surface area contributed by atoms with Crippen molar-refractivity contribution in [3.8, 4) is 11.4 Å². The van der Waals surface area contributed by atoms with Gasteiger partial charge in [0.2, 0.25) is 0 Å². The number of fused-ring (bicyclic) bond motifs is 2. The van der Waals surface area contributed by atoms with Crippen LogP contribution in [0.2, 0.25) is 0 Å². The molecule has 168 valence electrons. The summed E-state index contributed by atoms with van der Waals surface area (Å²) in [5, 5.41) is 11.1. The molecule has 33 heavy (non-hydrogen) atoms. The van der Waals surface area contributed by atoms with E-state index < -0.39 is 0 Å². The van der Waals surface area contributed by atoms with Crippen molar-refractivity contribution in [2.45, 2.75) is 30.3 Å². The van der Waals surface area contributed by atoms with Crippen molar-refractivity contribution in [3.05, 3.63) is 71.9 Å². The number of nitrogens with zero attached hydrogens (tertiary/aromatic N) is 5. The van der Waals surface area contributed by atoms with Gasteiger partial charge in [-0.15, -0.1) is 10.2 Å². The Bertz CT molecular complexity index is 1300. The third-order valence-electron chi connectivity index (χ3n) is 7.36. The predicted octanol–water partition coefficient (Wildman–Crippen LogP) is 5.09. The smallest absolute Gasteiger partial charge is 0.191 e. The van der Waals surface area contributed by atoms with Crippen molar-refractivity contribution < 1.29 is 0 Å².